The Labute approximate surface area is 225 Å². The second-order valence-corrected chi connectivity index (χ2v) is 10.3. The summed E-state index contributed by atoms with van der Waals surface area (Å²) in [6.07, 6.45) is 6.11. The number of nitrogens with zero attached hydrogens (tertiary/aromatic N) is 5. The number of amides is 2. The van der Waals surface area contributed by atoms with Gasteiger partial charge in [-0.2, -0.15) is 4.98 Å². The molecule has 0 spiro atoms. The topological polar surface area (TPSA) is 135 Å². The molecule has 6 rings (SSSR count). The lowest BCUT2D eigenvalue weighted by Crippen LogP contribution is -2.25. The summed E-state index contributed by atoms with van der Waals surface area (Å²) in [6.45, 7) is 2.00. The van der Waals surface area contributed by atoms with Crippen molar-refractivity contribution < 1.29 is 9.59 Å². The molecule has 2 aromatic carbocycles. The molecule has 4 N–H and O–H groups in total. The first kappa shape index (κ1) is 24.6. The van der Waals surface area contributed by atoms with Crippen molar-refractivity contribution >= 4 is 45.5 Å². The summed E-state index contributed by atoms with van der Waals surface area (Å²) in [5.74, 6) is 0.524. The first-order valence-electron chi connectivity index (χ1n) is 13.1. The highest BCUT2D eigenvalue weighted by atomic mass is 16.2. The van der Waals surface area contributed by atoms with Gasteiger partial charge in [0.15, 0.2) is 0 Å². The van der Waals surface area contributed by atoms with E-state index in [9.17, 15) is 9.59 Å². The summed E-state index contributed by atoms with van der Waals surface area (Å²) in [5.41, 5.74) is 11.3. The number of aromatic amines is 1. The van der Waals surface area contributed by atoms with Gasteiger partial charge in [-0.3, -0.25) is 9.59 Å². The monoisotopic (exact) mass is 522 g/mol. The van der Waals surface area contributed by atoms with Gasteiger partial charge in [0.1, 0.15) is 22.7 Å². The number of H-pyrrole nitrogens is 1. The van der Waals surface area contributed by atoms with E-state index in [0.29, 0.717) is 28.5 Å². The molecule has 2 amide bonds. The van der Waals surface area contributed by atoms with Crippen molar-refractivity contribution in [2.24, 2.45) is 5.73 Å². The zero-order valence-electron chi connectivity index (χ0n) is 22.2. The number of para-hydroxylation sites is 1. The summed E-state index contributed by atoms with van der Waals surface area (Å²) in [4.78, 5) is 43.9. The molecule has 0 saturated heterocycles. The molecular weight excluding hydrogens is 492 g/mol. The van der Waals surface area contributed by atoms with Crippen LogP contribution in [0.3, 0.4) is 0 Å². The third-order valence-electron chi connectivity index (χ3n) is 7.42. The fourth-order valence-electron chi connectivity index (χ4n) is 5.44. The lowest BCUT2D eigenvalue weighted by molar-refractivity contribution is 0.0815. The molecule has 3 aromatic heterocycles. The number of nitrogens with one attached hydrogen (secondary N) is 2. The van der Waals surface area contributed by atoms with E-state index in [1.165, 1.54) is 0 Å². The highest BCUT2D eigenvalue weighted by Gasteiger charge is 2.26. The van der Waals surface area contributed by atoms with Crippen LogP contribution in [0.25, 0.3) is 33.5 Å². The lowest BCUT2D eigenvalue weighted by atomic mass is 10.1. The molecule has 3 heterocycles. The number of carbonyl (C=O) groups is 2. The van der Waals surface area contributed by atoms with E-state index in [1.54, 1.807) is 37.3 Å². The van der Waals surface area contributed by atoms with Crippen LogP contribution in [0, 0.1) is 6.92 Å². The molecule has 1 saturated carbocycles. The van der Waals surface area contributed by atoms with Crippen LogP contribution in [0.5, 0.6) is 0 Å². The van der Waals surface area contributed by atoms with Gasteiger partial charge < -0.3 is 25.5 Å². The largest absolute Gasteiger partial charge is 0.366 e. The van der Waals surface area contributed by atoms with E-state index in [0.717, 1.165) is 59.0 Å². The maximum absolute atomic E-state index is 13.0. The van der Waals surface area contributed by atoms with Crippen LogP contribution >= 0.6 is 0 Å². The zero-order chi connectivity index (χ0) is 27.3. The number of carbonyl (C=O) groups excluding carboxylic acids is 2. The second-order valence-electron chi connectivity index (χ2n) is 10.3. The minimum atomic E-state index is -0.517. The Morgan fingerprint density at radius 3 is 2.64 bits per heavy atom. The summed E-state index contributed by atoms with van der Waals surface area (Å²) in [7, 11) is 3.53. The first-order valence-corrected chi connectivity index (χ1v) is 13.1. The number of hydrogen-bond acceptors (Lipinski definition) is 6. The van der Waals surface area contributed by atoms with Crippen LogP contribution in [0.15, 0.2) is 48.7 Å². The van der Waals surface area contributed by atoms with Crippen molar-refractivity contribution in [2.45, 2.75) is 38.6 Å². The summed E-state index contributed by atoms with van der Waals surface area (Å²) >= 11 is 0. The van der Waals surface area contributed by atoms with Gasteiger partial charge in [-0.1, -0.05) is 25.0 Å². The minimum Gasteiger partial charge on any atom is -0.366 e. The smallest absolute Gasteiger partial charge is 0.270 e. The Morgan fingerprint density at radius 2 is 1.90 bits per heavy atom. The van der Waals surface area contributed by atoms with Crippen LogP contribution in [-0.4, -0.2) is 55.3 Å². The third kappa shape index (κ3) is 4.37. The predicted octanol–water partition coefficient (Wildman–Crippen LogP) is 4.94. The van der Waals surface area contributed by atoms with E-state index in [2.05, 4.69) is 24.8 Å². The number of benzene rings is 2. The molecule has 5 aromatic rings. The number of rotatable bonds is 6. The van der Waals surface area contributed by atoms with Crippen molar-refractivity contribution in [3.63, 3.8) is 0 Å². The molecule has 39 heavy (non-hydrogen) atoms. The molecule has 10 heteroatoms. The average Bonchev–Trinajstić information content (AvgIpc) is 3.66. The van der Waals surface area contributed by atoms with E-state index in [1.807, 2.05) is 37.3 Å². The van der Waals surface area contributed by atoms with Gasteiger partial charge >= 0.3 is 0 Å². The summed E-state index contributed by atoms with van der Waals surface area (Å²) in [6, 6.07) is 13.4. The highest BCUT2D eigenvalue weighted by molar-refractivity contribution is 6.04. The van der Waals surface area contributed by atoms with Crippen LogP contribution in [0.1, 0.15) is 58.1 Å². The Balaban J connectivity index is 1.38. The Kier molecular flexibility index (Phi) is 6.02. The molecule has 0 unspecified atom stereocenters. The van der Waals surface area contributed by atoms with Gasteiger partial charge in [-0.05, 0) is 55.7 Å². The van der Waals surface area contributed by atoms with Crippen molar-refractivity contribution in [3.05, 3.63) is 65.5 Å². The fraction of sp³-hybridized carbons (Fsp3) is 0.276. The van der Waals surface area contributed by atoms with E-state index >= 15 is 0 Å². The van der Waals surface area contributed by atoms with Gasteiger partial charge in [-0.25, -0.2) is 9.97 Å². The van der Waals surface area contributed by atoms with Gasteiger partial charge in [-0.15, -0.1) is 0 Å². The number of anilines is 2. The minimum absolute atomic E-state index is 0.0390. The van der Waals surface area contributed by atoms with Crippen molar-refractivity contribution in [1.29, 1.82) is 0 Å². The quantitative estimate of drug-likeness (QED) is 0.289. The molecule has 0 atom stereocenters. The van der Waals surface area contributed by atoms with Crippen molar-refractivity contribution in [1.82, 2.24) is 29.4 Å². The number of nitrogens with two attached hydrogens (primary N) is 1. The lowest BCUT2D eigenvalue weighted by Gasteiger charge is -2.19. The van der Waals surface area contributed by atoms with Crippen LogP contribution in [0.4, 0.5) is 11.6 Å². The van der Waals surface area contributed by atoms with Crippen LogP contribution in [-0.2, 0) is 0 Å². The third-order valence-corrected chi connectivity index (χ3v) is 7.42. The zero-order valence-corrected chi connectivity index (χ0v) is 22.2. The predicted molar refractivity (Wildman–Crippen MR) is 151 cm³/mol. The second kappa shape index (κ2) is 9.54. The normalized spacial score (nSPS) is 13.8. The number of primary amides is 1. The van der Waals surface area contributed by atoms with Crippen molar-refractivity contribution in [3.8, 4) is 11.4 Å². The first-order chi connectivity index (χ1) is 18.8. The Hall–Kier alpha value is -4.73. The van der Waals surface area contributed by atoms with Gasteiger partial charge in [0.2, 0.25) is 5.95 Å². The molecule has 1 aliphatic rings. The SMILES string of the molecule is Cc1ccc(Nc2ncc3cc(C(=O)N(C)C)n(C4CCCC4)c3n2)cc1-c1nc2c(C(N)=O)cccc2[nH]1. The molecule has 0 bridgehead atoms. The average molecular weight is 523 g/mol. The number of imidazole rings is 1. The highest BCUT2D eigenvalue weighted by Crippen LogP contribution is 2.35. The molecule has 1 aliphatic carbocycles. The number of aryl methyl sites for hydroxylation is 1. The summed E-state index contributed by atoms with van der Waals surface area (Å²) in [5, 5.41) is 4.17. The van der Waals surface area contributed by atoms with Crippen LogP contribution in [0.2, 0.25) is 0 Å². The maximum Gasteiger partial charge on any atom is 0.270 e. The molecule has 0 aliphatic heterocycles. The molecule has 0 radical (unpaired) electrons. The standard InChI is InChI=1S/C29H30N8O2/c1-16-11-12-18(14-21(16)26-33-22-10-6-9-20(25(30)38)24(22)34-26)32-29-31-15-17-13-23(28(39)36(2)3)37(27(17)35-29)19-7-4-5-8-19/h6,9-15,19H,4-5,7-8H2,1-3H3,(H2,30,38)(H,33,34)(H,31,32,35). The van der Waals surface area contributed by atoms with Gasteiger partial charge in [0, 0.05) is 43.0 Å². The van der Waals surface area contributed by atoms with E-state index in [4.69, 9.17) is 10.7 Å². The maximum atomic E-state index is 13.0. The summed E-state index contributed by atoms with van der Waals surface area (Å²) < 4.78 is 2.10. The van der Waals surface area contributed by atoms with E-state index in [-0.39, 0.29) is 11.9 Å². The fourth-order valence-corrected chi connectivity index (χ4v) is 5.44. The van der Waals surface area contributed by atoms with Gasteiger partial charge in [0.25, 0.3) is 11.8 Å². The molecule has 198 valence electrons. The number of hydrogen-bond donors (Lipinski definition) is 3. The number of aromatic nitrogens is 5. The molecular formula is C29H30N8O2. The molecule has 1 fully saturated rings. The number of fused-ring (bicyclic) bond motifs is 2. The van der Waals surface area contributed by atoms with Crippen LogP contribution < -0.4 is 11.1 Å². The Morgan fingerprint density at radius 1 is 1.10 bits per heavy atom. The van der Waals surface area contributed by atoms with Gasteiger partial charge in [0.05, 0.1) is 11.1 Å². The van der Waals surface area contributed by atoms with Crippen molar-refractivity contribution in [2.75, 3.05) is 19.4 Å². The Bertz CT molecular complexity index is 1740. The molecule has 10 nitrogen and oxygen atoms in total. The van der Waals surface area contributed by atoms with E-state index < -0.39 is 5.91 Å².